The molecule has 1 aromatic rings. The molecule has 1 aliphatic rings. The van der Waals surface area contributed by atoms with Crippen LogP contribution in [0.5, 0.6) is 0 Å². The minimum atomic E-state index is -0.617. The molecule has 0 heterocycles. The number of hydrogen-bond acceptors (Lipinski definition) is 3. The maximum Gasteiger partial charge on any atom is 0.309 e. The van der Waals surface area contributed by atoms with Crippen molar-refractivity contribution in [3.05, 3.63) is 47.0 Å². The van der Waals surface area contributed by atoms with Crippen molar-refractivity contribution in [1.82, 2.24) is 10.6 Å². The molecule has 2 amide bonds. The summed E-state index contributed by atoms with van der Waals surface area (Å²) in [6.07, 6.45) is 7.50. The molecule has 0 saturated heterocycles. The van der Waals surface area contributed by atoms with Crippen LogP contribution < -0.4 is 10.6 Å². The van der Waals surface area contributed by atoms with E-state index in [1.807, 2.05) is 31.2 Å². The van der Waals surface area contributed by atoms with Crippen molar-refractivity contribution in [2.24, 2.45) is 0 Å². The minimum absolute atomic E-state index is 0.263. The van der Waals surface area contributed by atoms with E-state index in [0.717, 1.165) is 30.4 Å². The third-order valence-electron chi connectivity index (χ3n) is 4.59. The van der Waals surface area contributed by atoms with Crippen LogP contribution in [-0.4, -0.2) is 32.0 Å². The monoisotopic (exact) mass is 344 g/mol. The molecule has 2 N–H and O–H groups in total. The van der Waals surface area contributed by atoms with Crippen molar-refractivity contribution in [2.45, 2.75) is 45.1 Å². The quantitative estimate of drug-likeness (QED) is 0.590. The summed E-state index contributed by atoms with van der Waals surface area (Å²) in [5.74, 6) is -1.20. The highest BCUT2D eigenvalue weighted by Crippen LogP contribution is 2.20. The fraction of sp³-hybridized carbons (Fsp3) is 0.500. The Labute approximate surface area is 149 Å². The molecule has 5 heteroatoms. The van der Waals surface area contributed by atoms with Gasteiger partial charge in [-0.15, -0.1) is 0 Å². The van der Waals surface area contributed by atoms with E-state index in [4.69, 9.17) is 4.74 Å². The Balaban J connectivity index is 1.75. The molecule has 1 aromatic carbocycles. The van der Waals surface area contributed by atoms with Gasteiger partial charge in [0.2, 0.25) is 0 Å². The first-order chi connectivity index (χ1) is 12.1. The molecule has 25 heavy (non-hydrogen) atoms. The lowest BCUT2D eigenvalue weighted by molar-refractivity contribution is -0.139. The van der Waals surface area contributed by atoms with Gasteiger partial charge in [-0.1, -0.05) is 35.9 Å². The van der Waals surface area contributed by atoms with E-state index in [9.17, 15) is 9.59 Å². The largest absolute Gasteiger partial charge is 0.375 e. The lowest BCUT2D eigenvalue weighted by Crippen LogP contribution is -2.42. The van der Waals surface area contributed by atoms with Crippen molar-refractivity contribution >= 4 is 11.8 Å². The second kappa shape index (κ2) is 9.99. The van der Waals surface area contributed by atoms with Gasteiger partial charge in [-0.05, 0) is 50.2 Å². The zero-order chi connectivity index (χ0) is 18.1. The number of rotatable bonds is 7. The Morgan fingerprint density at radius 1 is 1.16 bits per heavy atom. The summed E-state index contributed by atoms with van der Waals surface area (Å²) in [7, 11) is 1.60. The second-order valence-corrected chi connectivity index (χ2v) is 6.41. The van der Waals surface area contributed by atoms with E-state index in [0.29, 0.717) is 6.54 Å². The Kier molecular flexibility index (Phi) is 7.67. The summed E-state index contributed by atoms with van der Waals surface area (Å²) in [5, 5.41) is 5.35. The van der Waals surface area contributed by atoms with Gasteiger partial charge >= 0.3 is 11.8 Å². The Morgan fingerprint density at radius 2 is 1.92 bits per heavy atom. The summed E-state index contributed by atoms with van der Waals surface area (Å²) in [6, 6.07) is 7.85. The molecule has 0 aromatic heterocycles. The van der Waals surface area contributed by atoms with Gasteiger partial charge in [0.25, 0.3) is 0 Å². The first kappa shape index (κ1) is 19.2. The van der Waals surface area contributed by atoms with Crippen LogP contribution in [0, 0.1) is 6.92 Å². The van der Waals surface area contributed by atoms with Crippen LogP contribution in [0.4, 0.5) is 0 Å². The number of allylic oxidation sites excluding steroid dienone is 1. The van der Waals surface area contributed by atoms with Crippen molar-refractivity contribution in [3.8, 4) is 0 Å². The lowest BCUT2D eigenvalue weighted by Gasteiger charge is -2.18. The number of nitrogens with one attached hydrogen (secondary N) is 2. The molecule has 0 unspecified atom stereocenters. The van der Waals surface area contributed by atoms with Crippen LogP contribution in [0.25, 0.3) is 0 Å². The summed E-state index contributed by atoms with van der Waals surface area (Å²) in [6.45, 7) is 2.76. The number of methoxy groups -OCH3 is 1. The van der Waals surface area contributed by atoms with Gasteiger partial charge in [-0.3, -0.25) is 9.59 Å². The molecule has 0 fully saturated rings. The maximum atomic E-state index is 12.0. The molecule has 0 spiro atoms. The first-order valence-corrected chi connectivity index (χ1v) is 8.94. The highest BCUT2D eigenvalue weighted by molar-refractivity contribution is 6.35. The van der Waals surface area contributed by atoms with E-state index in [1.54, 1.807) is 7.11 Å². The molecular weight excluding hydrogens is 316 g/mol. The number of hydrogen-bond donors (Lipinski definition) is 2. The molecule has 5 nitrogen and oxygen atoms in total. The van der Waals surface area contributed by atoms with Crippen molar-refractivity contribution in [3.63, 3.8) is 0 Å². The van der Waals surface area contributed by atoms with Crippen LogP contribution >= 0.6 is 0 Å². The number of ether oxygens (including phenoxy) is 1. The van der Waals surface area contributed by atoms with E-state index < -0.39 is 11.8 Å². The number of amides is 2. The van der Waals surface area contributed by atoms with Crippen molar-refractivity contribution in [2.75, 3.05) is 20.2 Å². The van der Waals surface area contributed by atoms with Crippen molar-refractivity contribution in [1.29, 1.82) is 0 Å². The van der Waals surface area contributed by atoms with Gasteiger partial charge < -0.3 is 15.4 Å². The molecule has 0 saturated carbocycles. The van der Waals surface area contributed by atoms with Crippen LogP contribution in [0.2, 0.25) is 0 Å². The van der Waals surface area contributed by atoms with E-state index >= 15 is 0 Å². The molecule has 0 aliphatic heterocycles. The Hall–Kier alpha value is -2.14. The average Bonchev–Trinajstić information content (AvgIpc) is 2.64. The van der Waals surface area contributed by atoms with Crippen LogP contribution in [0.1, 0.15) is 49.3 Å². The van der Waals surface area contributed by atoms with E-state index in [2.05, 4.69) is 16.7 Å². The van der Waals surface area contributed by atoms with Gasteiger partial charge in [0.15, 0.2) is 0 Å². The van der Waals surface area contributed by atoms with E-state index in [-0.39, 0.29) is 12.6 Å². The fourth-order valence-electron chi connectivity index (χ4n) is 3.08. The smallest absolute Gasteiger partial charge is 0.309 e. The molecule has 1 aliphatic carbocycles. The van der Waals surface area contributed by atoms with Gasteiger partial charge in [-0.2, -0.15) is 0 Å². The summed E-state index contributed by atoms with van der Waals surface area (Å²) >= 11 is 0. The molecular formula is C20H28N2O3. The Morgan fingerprint density at radius 3 is 2.60 bits per heavy atom. The first-order valence-electron chi connectivity index (χ1n) is 8.94. The predicted octanol–water partition coefficient (Wildman–Crippen LogP) is 2.81. The van der Waals surface area contributed by atoms with E-state index in [1.165, 1.54) is 18.4 Å². The van der Waals surface area contributed by atoms with Gasteiger partial charge in [0.05, 0.1) is 6.10 Å². The highest BCUT2D eigenvalue weighted by Gasteiger charge is 2.17. The summed E-state index contributed by atoms with van der Waals surface area (Å²) < 4.78 is 5.45. The SMILES string of the molecule is CO[C@H](CNC(=O)C(=O)NCCC1=CCCCC1)c1ccccc1C. The number of carbonyl (C=O) groups excluding carboxylic acids is 2. The number of carbonyl (C=O) groups is 2. The molecule has 0 radical (unpaired) electrons. The third-order valence-corrected chi connectivity index (χ3v) is 4.59. The molecule has 2 rings (SSSR count). The van der Waals surface area contributed by atoms with Crippen LogP contribution in [0.15, 0.2) is 35.9 Å². The van der Waals surface area contributed by atoms with Gasteiger partial charge in [0.1, 0.15) is 0 Å². The zero-order valence-corrected chi connectivity index (χ0v) is 15.1. The lowest BCUT2D eigenvalue weighted by atomic mass is 9.97. The highest BCUT2D eigenvalue weighted by atomic mass is 16.5. The third kappa shape index (κ3) is 6.02. The van der Waals surface area contributed by atoms with Crippen LogP contribution in [0.3, 0.4) is 0 Å². The maximum absolute atomic E-state index is 12.0. The topological polar surface area (TPSA) is 67.4 Å². The Bertz CT molecular complexity index is 625. The zero-order valence-electron chi connectivity index (χ0n) is 15.1. The van der Waals surface area contributed by atoms with Crippen molar-refractivity contribution < 1.29 is 14.3 Å². The fourth-order valence-corrected chi connectivity index (χ4v) is 3.08. The van der Waals surface area contributed by atoms with Crippen LogP contribution in [-0.2, 0) is 14.3 Å². The predicted molar refractivity (Wildman–Crippen MR) is 98.1 cm³/mol. The van der Waals surface area contributed by atoms with Gasteiger partial charge in [0, 0.05) is 20.2 Å². The minimum Gasteiger partial charge on any atom is -0.375 e. The summed E-state index contributed by atoms with van der Waals surface area (Å²) in [4.78, 5) is 23.9. The number of aryl methyl sites for hydroxylation is 1. The normalized spacial score (nSPS) is 15.2. The number of benzene rings is 1. The summed E-state index contributed by atoms with van der Waals surface area (Å²) in [5.41, 5.74) is 3.48. The van der Waals surface area contributed by atoms with Gasteiger partial charge in [-0.25, -0.2) is 0 Å². The molecule has 136 valence electrons. The average molecular weight is 344 g/mol. The molecule has 1 atom stereocenters. The second-order valence-electron chi connectivity index (χ2n) is 6.41. The molecule has 0 bridgehead atoms. The standard InChI is InChI=1S/C20H28N2O3/c1-15-8-6-7-11-17(15)18(25-2)14-22-20(24)19(23)21-13-12-16-9-4-3-5-10-16/h6-9,11,18H,3-5,10,12-14H2,1-2H3,(H,21,23)(H,22,24)/t18-/m1/s1.